The molecular weight excluding hydrogens is 558 g/mol. The van der Waals surface area contributed by atoms with Crippen molar-refractivity contribution in [1.29, 1.82) is 0 Å². The molecule has 0 aliphatic rings. The van der Waals surface area contributed by atoms with Gasteiger partial charge in [-0.15, -0.1) is 0 Å². The summed E-state index contributed by atoms with van der Waals surface area (Å²) in [5.41, 5.74) is 1.64. The number of hydrogen-bond acceptors (Lipinski definition) is 4. The molecule has 0 aliphatic heterocycles. The zero-order valence-corrected chi connectivity index (χ0v) is 24.9. The summed E-state index contributed by atoms with van der Waals surface area (Å²) in [7, 11) is -2.62. The monoisotopic (exact) mass is 591 g/mol. The Hall–Kier alpha value is -3.72. The molecule has 0 aromatic heterocycles. The summed E-state index contributed by atoms with van der Waals surface area (Å²) in [5.74, 6) is -0.808. The predicted octanol–water partition coefficient (Wildman–Crippen LogP) is 5.28. The molecule has 0 saturated heterocycles. The summed E-state index contributed by atoms with van der Waals surface area (Å²) >= 11 is 6.08. The maximum absolute atomic E-state index is 14.0. The molecule has 9 heteroatoms. The lowest BCUT2D eigenvalue weighted by atomic mass is 10.0. The van der Waals surface area contributed by atoms with Gasteiger partial charge in [0.25, 0.3) is 0 Å². The fraction of sp³-hybridized carbons (Fsp3) is 0.250. The first-order valence-corrected chi connectivity index (χ1v) is 15.2. The van der Waals surface area contributed by atoms with Gasteiger partial charge in [0.15, 0.2) is 0 Å². The minimum absolute atomic E-state index is 0.0918. The second kappa shape index (κ2) is 13.3. The van der Waals surface area contributed by atoms with Crippen molar-refractivity contribution in [1.82, 2.24) is 14.5 Å². The quantitative estimate of drug-likeness (QED) is 0.257. The lowest BCUT2D eigenvalue weighted by Crippen LogP contribution is -2.53. The van der Waals surface area contributed by atoms with Crippen LogP contribution in [-0.4, -0.2) is 55.1 Å². The van der Waals surface area contributed by atoms with Gasteiger partial charge < -0.3 is 10.2 Å². The molecule has 0 radical (unpaired) electrons. The summed E-state index contributed by atoms with van der Waals surface area (Å²) in [6.45, 7) is 3.37. The van der Waals surface area contributed by atoms with E-state index in [-0.39, 0.29) is 29.8 Å². The Balaban J connectivity index is 1.66. The Morgan fingerprint density at radius 1 is 0.829 bits per heavy atom. The van der Waals surface area contributed by atoms with E-state index in [0.717, 1.165) is 26.2 Å². The molecule has 1 N–H and O–H groups in total. The molecule has 4 rings (SSSR count). The number of amides is 2. The van der Waals surface area contributed by atoms with E-state index in [9.17, 15) is 18.0 Å². The molecule has 4 aromatic rings. The van der Waals surface area contributed by atoms with Gasteiger partial charge in [-0.25, -0.2) is 8.42 Å². The van der Waals surface area contributed by atoms with Crippen LogP contribution < -0.4 is 5.32 Å². The van der Waals surface area contributed by atoms with E-state index in [1.54, 1.807) is 42.5 Å². The zero-order chi connectivity index (χ0) is 29.6. The van der Waals surface area contributed by atoms with Gasteiger partial charge in [0.1, 0.15) is 6.04 Å². The standard InChI is InChI=1S/C32H34ClN3O4S/c1-23(2)34-32(38)30(19-24-9-5-4-6-10-24)36(21-25-13-16-28(33)17-14-25)31(37)22-35(3)41(39,40)29-18-15-26-11-7-8-12-27(26)20-29/h4-18,20,23,30H,19,21-22H2,1-3H3,(H,34,38)/t30-/m0/s1. The number of hydrogen-bond donors (Lipinski definition) is 1. The van der Waals surface area contributed by atoms with E-state index >= 15 is 0 Å². The number of fused-ring (bicyclic) bond motifs is 1. The van der Waals surface area contributed by atoms with Crippen molar-refractivity contribution in [3.63, 3.8) is 0 Å². The van der Waals surface area contributed by atoms with Crippen molar-refractivity contribution < 1.29 is 18.0 Å². The lowest BCUT2D eigenvalue weighted by molar-refractivity contribution is -0.141. The van der Waals surface area contributed by atoms with Crippen LogP contribution >= 0.6 is 11.6 Å². The number of nitrogens with zero attached hydrogens (tertiary/aromatic N) is 2. The normalized spacial score (nSPS) is 12.4. The fourth-order valence-corrected chi connectivity index (χ4v) is 5.88. The summed E-state index contributed by atoms with van der Waals surface area (Å²) in [6, 6.07) is 27.8. The van der Waals surface area contributed by atoms with Gasteiger partial charge >= 0.3 is 0 Å². The number of halogens is 1. The summed E-state index contributed by atoms with van der Waals surface area (Å²) in [6.07, 6.45) is 0.264. The van der Waals surface area contributed by atoms with Gasteiger partial charge in [-0.2, -0.15) is 4.31 Å². The number of carbonyl (C=O) groups is 2. The third kappa shape index (κ3) is 7.73. The molecule has 0 heterocycles. The zero-order valence-electron chi connectivity index (χ0n) is 23.3. The maximum Gasteiger partial charge on any atom is 0.243 e. The van der Waals surface area contributed by atoms with Crippen LogP contribution in [0.25, 0.3) is 10.8 Å². The fourth-order valence-electron chi connectivity index (χ4n) is 4.60. The van der Waals surface area contributed by atoms with Crippen molar-refractivity contribution >= 4 is 44.2 Å². The first-order chi connectivity index (χ1) is 19.5. The van der Waals surface area contributed by atoms with Crippen molar-refractivity contribution in [3.8, 4) is 0 Å². The lowest BCUT2D eigenvalue weighted by Gasteiger charge is -2.33. The van der Waals surface area contributed by atoms with Gasteiger partial charge in [0, 0.05) is 31.1 Å². The minimum atomic E-state index is -3.99. The highest BCUT2D eigenvalue weighted by Gasteiger charge is 2.33. The molecule has 0 aliphatic carbocycles. The number of carbonyl (C=O) groups excluding carboxylic acids is 2. The molecule has 0 bridgehead atoms. The van der Waals surface area contributed by atoms with E-state index in [1.165, 1.54) is 11.9 Å². The van der Waals surface area contributed by atoms with Crippen LogP contribution in [0.2, 0.25) is 5.02 Å². The summed E-state index contributed by atoms with van der Waals surface area (Å²) in [5, 5.41) is 5.18. The highest BCUT2D eigenvalue weighted by molar-refractivity contribution is 7.89. The minimum Gasteiger partial charge on any atom is -0.352 e. The van der Waals surface area contributed by atoms with Crippen LogP contribution in [-0.2, 0) is 32.6 Å². The highest BCUT2D eigenvalue weighted by Crippen LogP contribution is 2.22. The van der Waals surface area contributed by atoms with Gasteiger partial charge in [0.05, 0.1) is 11.4 Å². The van der Waals surface area contributed by atoms with Gasteiger partial charge in [-0.05, 0) is 60.0 Å². The molecule has 0 saturated carbocycles. The van der Waals surface area contributed by atoms with Crippen LogP contribution in [0.5, 0.6) is 0 Å². The number of nitrogens with one attached hydrogen (secondary N) is 1. The smallest absolute Gasteiger partial charge is 0.243 e. The molecule has 4 aromatic carbocycles. The summed E-state index contributed by atoms with van der Waals surface area (Å²) in [4.78, 5) is 29.0. The predicted molar refractivity (Wildman–Crippen MR) is 163 cm³/mol. The van der Waals surface area contributed by atoms with Gasteiger partial charge in [-0.3, -0.25) is 9.59 Å². The van der Waals surface area contributed by atoms with Crippen LogP contribution in [0.4, 0.5) is 0 Å². The van der Waals surface area contributed by atoms with Crippen molar-refractivity contribution in [2.24, 2.45) is 0 Å². The van der Waals surface area contributed by atoms with E-state index in [0.29, 0.717) is 5.02 Å². The molecule has 2 amide bonds. The summed E-state index contributed by atoms with van der Waals surface area (Å²) < 4.78 is 28.1. The second-order valence-electron chi connectivity index (χ2n) is 10.3. The third-order valence-corrected chi connectivity index (χ3v) is 8.81. The van der Waals surface area contributed by atoms with E-state index in [4.69, 9.17) is 11.6 Å². The Kier molecular flexibility index (Phi) is 9.81. The van der Waals surface area contributed by atoms with E-state index < -0.39 is 28.5 Å². The molecule has 0 spiro atoms. The Morgan fingerprint density at radius 2 is 1.46 bits per heavy atom. The maximum atomic E-state index is 14.0. The van der Waals surface area contributed by atoms with Crippen LogP contribution in [0, 0.1) is 0 Å². The molecule has 41 heavy (non-hydrogen) atoms. The van der Waals surface area contributed by atoms with Crippen molar-refractivity contribution in [3.05, 3.63) is 113 Å². The van der Waals surface area contributed by atoms with Crippen LogP contribution in [0.1, 0.15) is 25.0 Å². The van der Waals surface area contributed by atoms with Crippen molar-refractivity contribution in [2.45, 2.75) is 43.8 Å². The molecule has 1 atom stereocenters. The first-order valence-electron chi connectivity index (χ1n) is 13.4. The molecular formula is C32H34ClN3O4S. The number of benzene rings is 4. The van der Waals surface area contributed by atoms with Crippen LogP contribution in [0.15, 0.2) is 102 Å². The number of rotatable bonds is 11. The highest BCUT2D eigenvalue weighted by atomic mass is 35.5. The largest absolute Gasteiger partial charge is 0.352 e. The van der Waals surface area contributed by atoms with E-state index in [2.05, 4.69) is 5.32 Å². The third-order valence-electron chi connectivity index (χ3n) is 6.76. The molecule has 214 valence electrons. The molecule has 7 nitrogen and oxygen atoms in total. The Bertz CT molecular complexity index is 1610. The Morgan fingerprint density at radius 3 is 2.12 bits per heavy atom. The first kappa shape index (κ1) is 30.2. The van der Waals surface area contributed by atoms with E-state index in [1.807, 2.05) is 68.4 Å². The Labute approximate surface area is 246 Å². The molecule has 0 fully saturated rings. The SMILES string of the molecule is CC(C)NC(=O)[C@H](Cc1ccccc1)N(Cc1ccc(Cl)cc1)C(=O)CN(C)S(=O)(=O)c1ccc2ccccc2c1. The number of likely N-dealkylation sites (N-methyl/N-ethyl adjacent to an activating group) is 1. The average molecular weight is 592 g/mol. The van der Waals surface area contributed by atoms with Gasteiger partial charge in [-0.1, -0.05) is 84.4 Å². The second-order valence-corrected chi connectivity index (χ2v) is 12.8. The number of sulfonamides is 1. The molecule has 0 unspecified atom stereocenters. The van der Waals surface area contributed by atoms with Crippen molar-refractivity contribution in [2.75, 3.05) is 13.6 Å². The topological polar surface area (TPSA) is 86.8 Å². The van der Waals surface area contributed by atoms with Gasteiger partial charge in [0.2, 0.25) is 21.8 Å². The average Bonchev–Trinajstić information content (AvgIpc) is 2.95. The van der Waals surface area contributed by atoms with Crippen LogP contribution in [0.3, 0.4) is 0 Å².